The van der Waals surface area contributed by atoms with Crippen LogP contribution in [0.3, 0.4) is 0 Å². The summed E-state index contributed by atoms with van der Waals surface area (Å²) in [5.41, 5.74) is 5.04. The third-order valence-electron chi connectivity index (χ3n) is 2.98. The van der Waals surface area contributed by atoms with Gasteiger partial charge in [0.1, 0.15) is 5.41 Å². The van der Waals surface area contributed by atoms with Gasteiger partial charge in [-0.05, 0) is 26.7 Å². The largest absolute Gasteiger partial charge is 0.403 e. The fraction of sp³-hybridized carbons (Fsp3) is 0.462. The molecule has 18 heavy (non-hydrogen) atoms. The van der Waals surface area contributed by atoms with Crippen molar-refractivity contribution in [2.24, 2.45) is 11.1 Å². The molecule has 2 nitrogen and oxygen atoms in total. The van der Waals surface area contributed by atoms with Crippen LogP contribution in [0.25, 0.3) is 0 Å². The monoisotopic (exact) mass is 259 g/mol. The number of aryl methyl sites for hydroxylation is 2. The third-order valence-corrected chi connectivity index (χ3v) is 2.98. The average Bonchev–Trinajstić information content (AvgIpc) is 3.03. The van der Waals surface area contributed by atoms with Crippen LogP contribution in [0.5, 0.6) is 0 Å². The van der Waals surface area contributed by atoms with Gasteiger partial charge in [-0.15, -0.1) is 0 Å². The summed E-state index contributed by atoms with van der Waals surface area (Å²) < 4.78 is 35.5. The predicted octanol–water partition coefficient (Wildman–Crippen LogP) is 3.12. The van der Waals surface area contributed by atoms with Gasteiger partial charge in [-0.25, -0.2) is 0 Å². The summed E-state index contributed by atoms with van der Waals surface area (Å²) in [6.07, 6.45) is -4.74. The molecule has 100 valence electrons. The lowest BCUT2D eigenvalue weighted by molar-refractivity contribution is -0.190. The summed E-state index contributed by atoms with van der Waals surface area (Å²) in [7, 11) is 0. The number of carbonyl (C=O) groups excluding carboxylic acids is 1. The minimum atomic E-state index is -4.45. The second-order valence-corrected chi connectivity index (χ2v) is 4.60. The van der Waals surface area contributed by atoms with E-state index in [0.29, 0.717) is 0 Å². The van der Waals surface area contributed by atoms with Gasteiger partial charge in [-0.3, -0.25) is 4.79 Å². The quantitative estimate of drug-likeness (QED) is 0.827. The summed E-state index contributed by atoms with van der Waals surface area (Å²) in [6, 6.07) is 8.48. The minimum absolute atomic E-state index is 0.147. The third kappa shape index (κ3) is 3.24. The topological polar surface area (TPSA) is 43.1 Å². The Balaban J connectivity index is 0.000000184. The van der Waals surface area contributed by atoms with Gasteiger partial charge in [0.2, 0.25) is 5.91 Å². The van der Waals surface area contributed by atoms with E-state index >= 15 is 0 Å². The number of alkyl halides is 3. The van der Waals surface area contributed by atoms with Crippen LogP contribution in [-0.2, 0) is 4.79 Å². The fourth-order valence-corrected chi connectivity index (χ4v) is 1.43. The van der Waals surface area contributed by atoms with Crippen LogP contribution >= 0.6 is 0 Å². The van der Waals surface area contributed by atoms with E-state index in [9.17, 15) is 18.0 Å². The molecule has 0 heterocycles. The van der Waals surface area contributed by atoms with Gasteiger partial charge in [0.25, 0.3) is 0 Å². The summed E-state index contributed by atoms with van der Waals surface area (Å²) in [4.78, 5) is 10.2. The lowest BCUT2D eigenvalue weighted by atomic mass is 10.1. The van der Waals surface area contributed by atoms with E-state index in [1.165, 1.54) is 11.1 Å². The van der Waals surface area contributed by atoms with Crippen molar-refractivity contribution in [1.29, 1.82) is 0 Å². The second kappa shape index (κ2) is 5.00. The van der Waals surface area contributed by atoms with Crippen LogP contribution in [0.4, 0.5) is 13.2 Å². The maximum Gasteiger partial charge on any atom is 0.403 e. The first kappa shape index (κ1) is 14.5. The Hall–Kier alpha value is -1.52. The van der Waals surface area contributed by atoms with Crippen LogP contribution in [0.15, 0.2) is 24.3 Å². The van der Waals surface area contributed by atoms with Crippen molar-refractivity contribution in [1.82, 2.24) is 0 Å². The van der Waals surface area contributed by atoms with Crippen molar-refractivity contribution in [3.63, 3.8) is 0 Å². The number of carbonyl (C=O) groups is 1. The van der Waals surface area contributed by atoms with Crippen LogP contribution < -0.4 is 5.73 Å². The molecule has 1 saturated carbocycles. The van der Waals surface area contributed by atoms with E-state index in [-0.39, 0.29) is 12.8 Å². The molecular formula is C13H16F3NO. The lowest BCUT2D eigenvalue weighted by Crippen LogP contribution is -2.37. The molecule has 1 aromatic rings. The Morgan fingerprint density at radius 3 is 1.56 bits per heavy atom. The fourth-order valence-electron chi connectivity index (χ4n) is 1.43. The van der Waals surface area contributed by atoms with Crippen molar-refractivity contribution in [2.75, 3.05) is 0 Å². The normalized spacial score (nSPS) is 16.5. The summed E-state index contributed by atoms with van der Waals surface area (Å²) >= 11 is 0. The second-order valence-electron chi connectivity index (χ2n) is 4.60. The molecule has 0 aromatic heterocycles. The molecule has 2 rings (SSSR count). The minimum Gasteiger partial charge on any atom is -0.369 e. The number of primary amides is 1. The molecule has 2 N–H and O–H groups in total. The zero-order valence-electron chi connectivity index (χ0n) is 10.3. The number of hydrogen-bond acceptors (Lipinski definition) is 1. The molecule has 0 radical (unpaired) electrons. The van der Waals surface area contributed by atoms with Gasteiger partial charge in [0.15, 0.2) is 0 Å². The number of rotatable bonds is 1. The first-order valence-corrected chi connectivity index (χ1v) is 5.59. The SMILES string of the molecule is Cc1ccc(C)cc1.NC(=O)C1(C(F)(F)F)CC1. The molecule has 1 aromatic carbocycles. The summed E-state index contributed by atoms with van der Waals surface area (Å²) in [6.45, 7) is 4.19. The van der Waals surface area contributed by atoms with Crippen LogP contribution in [-0.4, -0.2) is 12.1 Å². The van der Waals surface area contributed by atoms with Crippen LogP contribution in [0.1, 0.15) is 24.0 Å². The van der Waals surface area contributed by atoms with Crippen molar-refractivity contribution >= 4 is 5.91 Å². The number of nitrogens with two attached hydrogens (primary N) is 1. The molecule has 1 fully saturated rings. The zero-order valence-corrected chi connectivity index (χ0v) is 10.3. The number of amides is 1. The molecule has 0 saturated heterocycles. The molecule has 0 spiro atoms. The molecule has 5 heteroatoms. The standard InChI is InChI=1S/C8H10.C5H6F3NO/c1-7-3-5-8(2)6-4-7;6-5(7,8)4(1-2-4)3(9)10/h3-6H,1-2H3;1-2H2,(H2,9,10). The Kier molecular flexibility index (Phi) is 4.04. The molecule has 0 aliphatic heterocycles. The van der Waals surface area contributed by atoms with Gasteiger partial charge in [0.05, 0.1) is 0 Å². The number of hydrogen-bond donors (Lipinski definition) is 1. The number of benzene rings is 1. The van der Waals surface area contributed by atoms with Crippen molar-refractivity contribution in [3.8, 4) is 0 Å². The van der Waals surface area contributed by atoms with E-state index in [4.69, 9.17) is 0 Å². The van der Waals surface area contributed by atoms with E-state index in [0.717, 1.165) is 0 Å². The smallest absolute Gasteiger partial charge is 0.369 e. The highest BCUT2D eigenvalue weighted by Gasteiger charge is 2.67. The van der Waals surface area contributed by atoms with E-state index in [2.05, 4.69) is 43.8 Å². The van der Waals surface area contributed by atoms with E-state index in [1.54, 1.807) is 0 Å². The van der Waals surface area contributed by atoms with Crippen LogP contribution in [0, 0.1) is 19.3 Å². The van der Waals surface area contributed by atoms with Gasteiger partial charge >= 0.3 is 6.18 Å². The lowest BCUT2D eigenvalue weighted by Gasteiger charge is -2.14. The highest BCUT2D eigenvalue weighted by atomic mass is 19.4. The van der Waals surface area contributed by atoms with Crippen molar-refractivity contribution in [2.45, 2.75) is 32.9 Å². The van der Waals surface area contributed by atoms with E-state index < -0.39 is 17.5 Å². The van der Waals surface area contributed by atoms with Crippen molar-refractivity contribution < 1.29 is 18.0 Å². The molecule has 1 aliphatic carbocycles. The van der Waals surface area contributed by atoms with Gasteiger partial charge < -0.3 is 5.73 Å². The molecular weight excluding hydrogens is 243 g/mol. The maximum absolute atomic E-state index is 11.8. The predicted molar refractivity (Wildman–Crippen MR) is 62.8 cm³/mol. The first-order chi connectivity index (χ1) is 8.19. The van der Waals surface area contributed by atoms with Gasteiger partial charge in [0, 0.05) is 0 Å². The summed E-state index contributed by atoms with van der Waals surface area (Å²) in [5.74, 6) is -1.25. The van der Waals surface area contributed by atoms with Gasteiger partial charge in [-0.1, -0.05) is 35.4 Å². The Labute approximate surface area is 104 Å². The highest BCUT2D eigenvalue weighted by molar-refractivity contribution is 5.84. The molecule has 0 unspecified atom stereocenters. The Morgan fingerprint density at radius 1 is 1.11 bits per heavy atom. The molecule has 0 bridgehead atoms. The van der Waals surface area contributed by atoms with Crippen LogP contribution in [0.2, 0.25) is 0 Å². The highest BCUT2D eigenvalue weighted by Crippen LogP contribution is 2.57. The van der Waals surface area contributed by atoms with E-state index in [1.807, 2.05) is 0 Å². The first-order valence-electron chi connectivity index (χ1n) is 5.59. The average molecular weight is 259 g/mol. The Bertz CT molecular complexity index is 398. The zero-order chi connectivity index (χ0) is 14.0. The maximum atomic E-state index is 11.8. The van der Waals surface area contributed by atoms with Crippen molar-refractivity contribution in [3.05, 3.63) is 35.4 Å². The Morgan fingerprint density at radius 2 is 1.44 bits per heavy atom. The number of halogens is 3. The molecule has 0 atom stereocenters. The molecule has 1 amide bonds. The summed E-state index contributed by atoms with van der Waals surface area (Å²) in [5, 5.41) is 0. The van der Waals surface area contributed by atoms with Gasteiger partial charge in [-0.2, -0.15) is 13.2 Å². The molecule has 1 aliphatic rings.